The van der Waals surface area contributed by atoms with Gasteiger partial charge in [-0.25, -0.2) is 14.2 Å². The molecule has 32 heavy (non-hydrogen) atoms. The van der Waals surface area contributed by atoms with Gasteiger partial charge in [0, 0.05) is 29.1 Å². The third kappa shape index (κ3) is 3.82. The lowest BCUT2D eigenvalue weighted by Crippen LogP contribution is -2.26. The molecule has 10 heteroatoms. The van der Waals surface area contributed by atoms with E-state index in [0.717, 1.165) is 0 Å². The fourth-order valence-corrected chi connectivity index (χ4v) is 3.69. The lowest BCUT2D eigenvalue weighted by Gasteiger charge is -2.17. The molecule has 2 aliphatic rings. The van der Waals surface area contributed by atoms with Crippen LogP contribution in [0.5, 0.6) is 0 Å². The number of hydrogen-bond donors (Lipinski definition) is 1. The van der Waals surface area contributed by atoms with E-state index in [2.05, 4.69) is 22.0 Å². The fourth-order valence-electron chi connectivity index (χ4n) is 3.69. The van der Waals surface area contributed by atoms with Crippen molar-refractivity contribution in [3.63, 3.8) is 0 Å². The number of ether oxygens (including phenoxy) is 2. The van der Waals surface area contributed by atoms with Crippen LogP contribution in [-0.2, 0) is 9.47 Å². The number of cyclic esters (lactones) is 1. The summed E-state index contributed by atoms with van der Waals surface area (Å²) in [5.41, 5.74) is 1.66. The third-order valence-electron chi connectivity index (χ3n) is 5.30. The molecule has 2 aromatic heterocycles. The number of rotatable bonds is 6. The van der Waals surface area contributed by atoms with Crippen LogP contribution in [0.4, 0.5) is 26.5 Å². The van der Waals surface area contributed by atoms with Crippen LogP contribution in [0.1, 0.15) is 0 Å². The molecule has 3 aromatic rings. The number of halogens is 1. The summed E-state index contributed by atoms with van der Waals surface area (Å²) in [4.78, 5) is 19.2. The lowest BCUT2D eigenvalue weighted by molar-refractivity contribution is 0.180. The molecule has 4 heterocycles. The second-order valence-corrected chi connectivity index (χ2v) is 7.35. The van der Waals surface area contributed by atoms with E-state index in [4.69, 9.17) is 14.0 Å². The molecule has 1 atom stereocenters. The third-order valence-corrected chi connectivity index (χ3v) is 5.30. The van der Waals surface area contributed by atoms with Crippen LogP contribution in [0.2, 0.25) is 0 Å². The van der Waals surface area contributed by atoms with E-state index in [1.165, 1.54) is 17.2 Å². The maximum Gasteiger partial charge on any atom is 0.415 e. The monoisotopic (exact) mass is 437 g/mol. The van der Waals surface area contributed by atoms with Crippen LogP contribution in [0.15, 0.2) is 65.8 Å². The normalized spacial score (nSPS) is 18.1. The number of nitrogens with zero attached hydrogens (tertiary/aromatic N) is 4. The van der Waals surface area contributed by atoms with Gasteiger partial charge >= 0.3 is 6.09 Å². The zero-order valence-electron chi connectivity index (χ0n) is 17.0. The van der Waals surface area contributed by atoms with Crippen LogP contribution >= 0.6 is 0 Å². The molecule has 164 valence electrons. The molecular weight excluding hydrogens is 417 g/mol. The quantitative estimate of drug-likeness (QED) is 0.625. The minimum atomic E-state index is -0.427. The van der Waals surface area contributed by atoms with E-state index >= 15 is 0 Å². The highest BCUT2D eigenvalue weighted by Crippen LogP contribution is 2.31. The zero-order valence-corrected chi connectivity index (χ0v) is 17.0. The van der Waals surface area contributed by atoms with Gasteiger partial charge in [-0.15, -0.1) is 0 Å². The van der Waals surface area contributed by atoms with Gasteiger partial charge in [-0.3, -0.25) is 4.90 Å². The highest BCUT2D eigenvalue weighted by molar-refractivity contribution is 5.88. The minimum absolute atomic E-state index is 0.170. The summed E-state index contributed by atoms with van der Waals surface area (Å²) in [6.07, 6.45) is 2.43. The molecule has 0 spiro atoms. The van der Waals surface area contributed by atoms with Crippen molar-refractivity contribution in [2.24, 2.45) is 0 Å². The molecule has 2 aliphatic heterocycles. The van der Waals surface area contributed by atoms with Crippen molar-refractivity contribution < 1.29 is 23.2 Å². The first kappa shape index (κ1) is 19.9. The van der Waals surface area contributed by atoms with E-state index < -0.39 is 11.9 Å². The number of nitrogens with one attached hydrogen (secondary N) is 1. The standard InChI is InChI=1S/C22H20FN5O4/c1-14-28(13-17(32-14)12-24-20-6-8-31-26-20)16-3-4-18(19(23)10-16)15-2-5-21(25-11-15)27-7-9-30-22(27)29/h2-6,8,10-11,17H,1,7,9,12-13H2,(H,24,26)/t17-/m0/s1. The fraction of sp³-hybridized carbons (Fsp3) is 0.227. The lowest BCUT2D eigenvalue weighted by atomic mass is 10.1. The van der Waals surface area contributed by atoms with Gasteiger partial charge in [0.15, 0.2) is 11.7 Å². The molecule has 0 saturated carbocycles. The van der Waals surface area contributed by atoms with Crippen LogP contribution in [0.25, 0.3) is 11.1 Å². The second-order valence-electron chi connectivity index (χ2n) is 7.35. The topological polar surface area (TPSA) is 93.0 Å². The Morgan fingerprint density at radius 2 is 2.12 bits per heavy atom. The van der Waals surface area contributed by atoms with Gasteiger partial charge in [0.05, 0.1) is 19.6 Å². The smallest absolute Gasteiger partial charge is 0.415 e. The van der Waals surface area contributed by atoms with Crippen LogP contribution < -0.4 is 15.1 Å². The van der Waals surface area contributed by atoms with Gasteiger partial charge in [-0.2, -0.15) is 0 Å². The van der Waals surface area contributed by atoms with Gasteiger partial charge < -0.3 is 24.2 Å². The Morgan fingerprint density at radius 3 is 2.81 bits per heavy atom. The van der Waals surface area contributed by atoms with E-state index in [-0.39, 0.29) is 6.10 Å². The maximum atomic E-state index is 15.0. The number of hydrogen-bond acceptors (Lipinski definition) is 8. The molecule has 1 amide bonds. The number of anilines is 3. The van der Waals surface area contributed by atoms with E-state index in [1.807, 2.05) is 11.0 Å². The van der Waals surface area contributed by atoms with Gasteiger partial charge in [-0.05, 0) is 36.9 Å². The molecular formula is C22H20FN5O4. The first-order chi connectivity index (χ1) is 15.6. The van der Waals surface area contributed by atoms with Crippen LogP contribution in [0.3, 0.4) is 0 Å². The predicted octanol–water partition coefficient (Wildman–Crippen LogP) is 3.62. The van der Waals surface area contributed by atoms with Crippen molar-refractivity contribution in [2.75, 3.05) is 41.4 Å². The summed E-state index contributed by atoms with van der Waals surface area (Å²) in [5, 5.41) is 6.91. The van der Waals surface area contributed by atoms with Gasteiger partial charge in [0.2, 0.25) is 0 Å². The second kappa shape index (κ2) is 8.22. The summed E-state index contributed by atoms with van der Waals surface area (Å²) >= 11 is 0. The van der Waals surface area contributed by atoms with Gasteiger partial charge in [-0.1, -0.05) is 5.16 Å². The molecule has 1 N–H and O–H groups in total. The SMILES string of the molecule is C=C1O[C@@H](CNc2ccon2)CN1c1ccc(-c2ccc(N3CCOC3=O)nc2)c(F)c1. The Balaban J connectivity index is 1.28. The summed E-state index contributed by atoms with van der Waals surface area (Å²) in [5.74, 6) is 1.15. The Kier molecular flexibility index (Phi) is 5.10. The molecule has 5 rings (SSSR count). The first-order valence-corrected chi connectivity index (χ1v) is 10.1. The Hall–Kier alpha value is -4.08. The average Bonchev–Trinajstić information content (AvgIpc) is 3.54. The number of benzene rings is 1. The zero-order chi connectivity index (χ0) is 22.1. The average molecular weight is 437 g/mol. The molecule has 2 fully saturated rings. The number of aromatic nitrogens is 2. The summed E-state index contributed by atoms with van der Waals surface area (Å²) in [7, 11) is 0. The van der Waals surface area contributed by atoms with Gasteiger partial charge in [0.1, 0.15) is 30.6 Å². The number of amides is 1. The molecule has 0 aliphatic carbocycles. The molecule has 1 aromatic carbocycles. The molecule has 9 nitrogen and oxygen atoms in total. The van der Waals surface area contributed by atoms with E-state index in [1.54, 1.807) is 30.5 Å². The molecule has 0 unspecified atom stereocenters. The maximum absolute atomic E-state index is 15.0. The Morgan fingerprint density at radius 1 is 1.22 bits per heavy atom. The van der Waals surface area contributed by atoms with Gasteiger partial charge in [0.25, 0.3) is 0 Å². The van der Waals surface area contributed by atoms with Crippen LogP contribution in [-0.4, -0.2) is 48.6 Å². The van der Waals surface area contributed by atoms with Crippen LogP contribution in [0, 0.1) is 5.82 Å². The predicted molar refractivity (Wildman–Crippen MR) is 115 cm³/mol. The molecule has 0 radical (unpaired) electrons. The summed E-state index contributed by atoms with van der Waals surface area (Å²) < 4.78 is 30.5. The molecule has 2 saturated heterocycles. The number of carbonyl (C=O) groups excluding carboxylic acids is 1. The van der Waals surface area contributed by atoms with Crippen molar-refractivity contribution in [1.29, 1.82) is 0 Å². The summed E-state index contributed by atoms with van der Waals surface area (Å²) in [6.45, 7) is 5.75. The first-order valence-electron chi connectivity index (χ1n) is 10.1. The van der Waals surface area contributed by atoms with E-state index in [9.17, 15) is 9.18 Å². The number of carbonyl (C=O) groups is 1. The Labute approximate surface area is 183 Å². The van der Waals surface area contributed by atoms with Crippen molar-refractivity contribution in [3.8, 4) is 11.1 Å². The highest BCUT2D eigenvalue weighted by Gasteiger charge is 2.28. The highest BCUT2D eigenvalue weighted by atomic mass is 19.1. The Bertz CT molecular complexity index is 1140. The van der Waals surface area contributed by atoms with Crippen molar-refractivity contribution >= 4 is 23.4 Å². The minimum Gasteiger partial charge on any atom is -0.472 e. The molecule has 0 bridgehead atoms. The van der Waals surface area contributed by atoms with E-state index in [0.29, 0.717) is 60.6 Å². The summed E-state index contributed by atoms with van der Waals surface area (Å²) in [6, 6.07) is 10.1. The largest absolute Gasteiger partial charge is 0.472 e. The number of pyridine rings is 1. The van der Waals surface area contributed by atoms with Crippen molar-refractivity contribution in [1.82, 2.24) is 10.1 Å². The van der Waals surface area contributed by atoms with Crippen molar-refractivity contribution in [3.05, 3.63) is 67.1 Å². The van der Waals surface area contributed by atoms with Crippen molar-refractivity contribution in [2.45, 2.75) is 6.10 Å².